The standard InChI is InChI=1S/C17H21N3O/c1-12-4-6-13(7-5-12)11-19-16-10-14(18)8-9-15(16)17(21)20(2)3/h4-10,19H,11,18H2,1-3H3. The van der Waals surface area contributed by atoms with Gasteiger partial charge in [-0.25, -0.2) is 0 Å². The van der Waals surface area contributed by atoms with Crippen LogP contribution in [0.3, 0.4) is 0 Å². The van der Waals surface area contributed by atoms with Crippen molar-refractivity contribution in [2.24, 2.45) is 0 Å². The van der Waals surface area contributed by atoms with Gasteiger partial charge in [-0.1, -0.05) is 29.8 Å². The van der Waals surface area contributed by atoms with Gasteiger partial charge < -0.3 is 16.0 Å². The molecule has 0 bridgehead atoms. The number of nitrogen functional groups attached to an aromatic ring is 1. The molecule has 0 atom stereocenters. The molecule has 0 radical (unpaired) electrons. The SMILES string of the molecule is Cc1ccc(CNc2cc(N)ccc2C(=O)N(C)C)cc1. The van der Waals surface area contributed by atoms with Gasteiger partial charge >= 0.3 is 0 Å². The third kappa shape index (κ3) is 3.75. The molecule has 0 unspecified atom stereocenters. The minimum atomic E-state index is -0.0404. The molecule has 0 aliphatic carbocycles. The van der Waals surface area contributed by atoms with Gasteiger partial charge in [0, 0.05) is 32.0 Å². The molecule has 4 heteroatoms. The number of carbonyl (C=O) groups is 1. The van der Waals surface area contributed by atoms with Crippen molar-refractivity contribution in [2.45, 2.75) is 13.5 Å². The number of rotatable bonds is 4. The first kappa shape index (κ1) is 14.9. The molecule has 2 aromatic rings. The summed E-state index contributed by atoms with van der Waals surface area (Å²) in [5.41, 5.74) is 10.2. The largest absolute Gasteiger partial charge is 0.399 e. The zero-order valence-electron chi connectivity index (χ0n) is 12.7. The molecule has 1 amide bonds. The van der Waals surface area contributed by atoms with E-state index in [1.165, 1.54) is 5.56 Å². The second kappa shape index (κ2) is 6.31. The van der Waals surface area contributed by atoms with E-state index in [1.54, 1.807) is 37.2 Å². The quantitative estimate of drug-likeness (QED) is 0.848. The summed E-state index contributed by atoms with van der Waals surface area (Å²) in [6, 6.07) is 13.6. The molecule has 2 rings (SSSR count). The highest BCUT2D eigenvalue weighted by atomic mass is 16.2. The Hall–Kier alpha value is -2.49. The lowest BCUT2D eigenvalue weighted by molar-refractivity contribution is 0.0828. The van der Waals surface area contributed by atoms with Crippen molar-refractivity contribution >= 4 is 17.3 Å². The van der Waals surface area contributed by atoms with Gasteiger partial charge in [0.25, 0.3) is 5.91 Å². The van der Waals surface area contributed by atoms with E-state index in [0.29, 0.717) is 17.8 Å². The Morgan fingerprint density at radius 3 is 2.43 bits per heavy atom. The highest BCUT2D eigenvalue weighted by molar-refractivity contribution is 5.99. The van der Waals surface area contributed by atoms with Crippen LogP contribution in [-0.2, 0) is 6.54 Å². The first-order valence-corrected chi connectivity index (χ1v) is 6.88. The average molecular weight is 283 g/mol. The van der Waals surface area contributed by atoms with Gasteiger partial charge in [0.2, 0.25) is 0 Å². The number of nitrogens with two attached hydrogens (primary N) is 1. The van der Waals surface area contributed by atoms with Gasteiger partial charge in [0.1, 0.15) is 0 Å². The summed E-state index contributed by atoms with van der Waals surface area (Å²) in [6.07, 6.45) is 0. The zero-order valence-corrected chi connectivity index (χ0v) is 12.7. The maximum Gasteiger partial charge on any atom is 0.255 e. The molecule has 0 aromatic heterocycles. The van der Waals surface area contributed by atoms with Gasteiger partial charge in [-0.3, -0.25) is 4.79 Å². The van der Waals surface area contributed by atoms with Crippen molar-refractivity contribution < 1.29 is 4.79 Å². The van der Waals surface area contributed by atoms with E-state index in [2.05, 4.69) is 36.5 Å². The number of nitrogens with one attached hydrogen (secondary N) is 1. The van der Waals surface area contributed by atoms with E-state index in [0.717, 1.165) is 11.3 Å². The number of hydrogen-bond acceptors (Lipinski definition) is 3. The van der Waals surface area contributed by atoms with Crippen LogP contribution in [0.25, 0.3) is 0 Å². The fraction of sp³-hybridized carbons (Fsp3) is 0.235. The van der Waals surface area contributed by atoms with Gasteiger partial charge in [0.05, 0.1) is 5.56 Å². The summed E-state index contributed by atoms with van der Waals surface area (Å²) in [6.45, 7) is 2.71. The highest BCUT2D eigenvalue weighted by Crippen LogP contribution is 2.21. The Labute approximate surface area is 125 Å². The summed E-state index contributed by atoms with van der Waals surface area (Å²) in [5.74, 6) is -0.0404. The number of amides is 1. The van der Waals surface area contributed by atoms with E-state index in [-0.39, 0.29) is 5.91 Å². The summed E-state index contributed by atoms with van der Waals surface area (Å²) < 4.78 is 0. The molecule has 0 aliphatic rings. The van der Waals surface area contributed by atoms with E-state index < -0.39 is 0 Å². The summed E-state index contributed by atoms with van der Waals surface area (Å²) >= 11 is 0. The van der Waals surface area contributed by atoms with Crippen molar-refractivity contribution in [3.63, 3.8) is 0 Å². The van der Waals surface area contributed by atoms with Crippen LogP contribution in [0, 0.1) is 6.92 Å². The van der Waals surface area contributed by atoms with Crippen molar-refractivity contribution in [3.05, 3.63) is 59.2 Å². The van der Waals surface area contributed by atoms with Crippen LogP contribution in [0.4, 0.5) is 11.4 Å². The Morgan fingerprint density at radius 1 is 1.14 bits per heavy atom. The van der Waals surface area contributed by atoms with Crippen molar-refractivity contribution in [2.75, 3.05) is 25.1 Å². The Morgan fingerprint density at radius 2 is 1.81 bits per heavy atom. The van der Waals surface area contributed by atoms with Crippen LogP contribution in [0.15, 0.2) is 42.5 Å². The van der Waals surface area contributed by atoms with E-state index in [1.807, 2.05) is 0 Å². The van der Waals surface area contributed by atoms with E-state index in [9.17, 15) is 4.79 Å². The molecule has 0 saturated carbocycles. The number of hydrogen-bond donors (Lipinski definition) is 2. The lowest BCUT2D eigenvalue weighted by Gasteiger charge is -2.16. The number of carbonyl (C=O) groups excluding carboxylic acids is 1. The van der Waals surface area contributed by atoms with E-state index >= 15 is 0 Å². The Balaban J connectivity index is 2.20. The normalized spacial score (nSPS) is 10.2. The van der Waals surface area contributed by atoms with Gasteiger partial charge in [-0.2, -0.15) is 0 Å². The molecule has 3 N–H and O–H groups in total. The van der Waals surface area contributed by atoms with Crippen LogP contribution >= 0.6 is 0 Å². The molecular formula is C17H21N3O. The average Bonchev–Trinajstić information content (AvgIpc) is 2.46. The predicted molar refractivity (Wildman–Crippen MR) is 87.4 cm³/mol. The summed E-state index contributed by atoms with van der Waals surface area (Å²) in [5, 5.41) is 3.30. The molecule has 2 aromatic carbocycles. The molecule has 110 valence electrons. The smallest absolute Gasteiger partial charge is 0.255 e. The molecule has 21 heavy (non-hydrogen) atoms. The second-order valence-corrected chi connectivity index (χ2v) is 5.34. The number of nitrogens with zero attached hydrogens (tertiary/aromatic N) is 1. The Kier molecular flexibility index (Phi) is 4.48. The molecule has 0 spiro atoms. The summed E-state index contributed by atoms with van der Waals surface area (Å²) in [4.78, 5) is 13.7. The van der Waals surface area contributed by atoms with Crippen LogP contribution < -0.4 is 11.1 Å². The van der Waals surface area contributed by atoms with Crippen LogP contribution in [0.2, 0.25) is 0 Å². The predicted octanol–water partition coefficient (Wildman–Crippen LogP) is 2.89. The molecular weight excluding hydrogens is 262 g/mol. The minimum absolute atomic E-state index is 0.0404. The molecule has 0 fully saturated rings. The Bertz CT molecular complexity index is 633. The van der Waals surface area contributed by atoms with Crippen LogP contribution in [0.5, 0.6) is 0 Å². The number of benzene rings is 2. The lowest BCUT2D eigenvalue weighted by Crippen LogP contribution is -2.23. The molecule has 4 nitrogen and oxygen atoms in total. The third-order valence-electron chi connectivity index (χ3n) is 3.28. The van der Waals surface area contributed by atoms with Crippen LogP contribution in [-0.4, -0.2) is 24.9 Å². The first-order chi connectivity index (χ1) is 9.97. The maximum atomic E-state index is 12.2. The monoisotopic (exact) mass is 283 g/mol. The number of anilines is 2. The minimum Gasteiger partial charge on any atom is -0.399 e. The second-order valence-electron chi connectivity index (χ2n) is 5.34. The van der Waals surface area contributed by atoms with Crippen LogP contribution in [0.1, 0.15) is 21.5 Å². The highest BCUT2D eigenvalue weighted by Gasteiger charge is 2.13. The molecule has 0 heterocycles. The van der Waals surface area contributed by atoms with Gasteiger partial charge in [-0.15, -0.1) is 0 Å². The van der Waals surface area contributed by atoms with E-state index in [4.69, 9.17) is 5.73 Å². The fourth-order valence-electron chi connectivity index (χ4n) is 2.04. The maximum absolute atomic E-state index is 12.2. The zero-order chi connectivity index (χ0) is 15.4. The van der Waals surface area contributed by atoms with Crippen molar-refractivity contribution in [1.82, 2.24) is 4.90 Å². The number of aryl methyl sites for hydroxylation is 1. The third-order valence-corrected chi connectivity index (χ3v) is 3.28. The van der Waals surface area contributed by atoms with Gasteiger partial charge in [0.15, 0.2) is 0 Å². The molecule has 0 saturated heterocycles. The lowest BCUT2D eigenvalue weighted by atomic mass is 10.1. The van der Waals surface area contributed by atoms with Crippen molar-refractivity contribution in [3.8, 4) is 0 Å². The molecule has 0 aliphatic heterocycles. The first-order valence-electron chi connectivity index (χ1n) is 6.88. The topological polar surface area (TPSA) is 58.4 Å². The van der Waals surface area contributed by atoms with Gasteiger partial charge in [-0.05, 0) is 30.7 Å². The fourth-order valence-corrected chi connectivity index (χ4v) is 2.04. The van der Waals surface area contributed by atoms with Crippen molar-refractivity contribution in [1.29, 1.82) is 0 Å². The summed E-state index contributed by atoms with van der Waals surface area (Å²) in [7, 11) is 3.48.